The van der Waals surface area contributed by atoms with Crippen molar-refractivity contribution in [2.45, 2.75) is 18.8 Å². The van der Waals surface area contributed by atoms with Gasteiger partial charge in [-0.05, 0) is 48.0 Å². The molecule has 0 bridgehead atoms. The molecule has 0 fully saturated rings. The minimum atomic E-state index is -4.71. The molecule has 13 heteroatoms. The molecule has 2 rings (SSSR count). The Balaban J connectivity index is 2.09. The van der Waals surface area contributed by atoms with Crippen LogP contribution in [-0.2, 0) is 0 Å². The molecule has 0 saturated heterocycles. The van der Waals surface area contributed by atoms with Gasteiger partial charge in [0.1, 0.15) is 17.2 Å². The Kier molecular flexibility index (Phi) is 9.51. The first-order valence-corrected chi connectivity index (χ1v) is 9.62. The Morgan fingerprint density at radius 2 is 1.50 bits per heavy atom. The number of hydrogen-bond acceptors (Lipinski definition) is 5. The SMILES string of the molecule is O=C(N/N=C\c1ccc(OCCCF)cc1)c1cc(OCC(F)(F)F)ccc1OCC(F)(F)F. The third kappa shape index (κ3) is 9.96. The minimum Gasteiger partial charge on any atom is -0.493 e. The van der Waals surface area contributed by atoms with E-state index in [2.05, 4.69) is 20.0 Å². The summed E-state index contributed by atoms with van der Waals surface area (Å²) in [6.07, 6.45) is -7.92. The molecule has 1 amide bonds. The van der Waals surface area contributed by atoms with Gasteiger partial charge in [0.05, 0.1) is 25.1 Å². The molecule has 0 unspecified atom stereocenters. The molecule has 0 atom stereocenters. The van der Waals surface area contributed by atoms with E-state index < -0.39 is 55.2 Å². The van der Waals surface area contributed by atoms with Crippen LogP contribution in [0, 0.1) is 0 Å². The number of nitrogens with zero attached hydrogens (tertiary/aromatic N) is 1. The Bertz CT molecular complexity index is 961. The van der Waals surface area contributed by atoms with E-state index >= 15 is 0 Å². The van der Waals surface area contributed by atoms with Crippen molar-refractivity contribution in [2.75, 3.05) is 26.5 Å². The third-order valence-electron chi connectivity index (χ3n) is 3.80. The van der Waals surface area contributed by atoms with Crippen LogP contribution < -0.4 is 19.6 Å². The number of hydrogen-bond donors (Lipinski definition) is 1. The van der Waals surface area contributed by atoms with E-state index in [0.29, 0.717) is 11.3 Å². The molecule has 0 aliphatic rings. The van der Waals surface area contributed by atoms with Crippen LogP contribution in [0.5, 0.6) is 17.2 Å². The average molecular weight is 496 g/mol. The second-order valence-corrected chi connectivity index (χ2v) is 6.62. The average Bonchev–Trinajstić information content (AvgIpc) is 2.76. The van der Waals surface area contributed by atoms with Crippen molar-refractivity contribution in [1.82, 2.24) is 5.43 Å². The molecular weight excluding hydrogens is 477 g/mol. The summed E-state index contributed by atoms with van der Waals surface area (Å²) < 4.78 is 101. The van der Waals surface area contributed by atoms with E-state index in [9.17, 15) is 35.5 Å². The Hall–Kier alpha value is -3.51. The first-order valence-electron chi connectivity index (χ1n) is 9.62. The van der Waals surface area contributed by atoms with Crippen molar-refractivity contribution < 1.29 is 49.7 Å². The van der Waals surface area contributed by atoms with E-state index in [-0.39, 0.29) is 13.0 Å². The van der Waals surface area contributed by atoms with Crippen LogP contribution in [0.15, 0.2) is 47.6 Å². The largest absolute Gasteiger partial charge is 0.493 e. The lowest BCUT2D eigenvalue weighted by Crippen LogP contribution is -2.23. The Labute approximate surface area is 189 Å². The topological polar surface area (TPSA) is 69.2 Å². The van der Waals surface area contributed by atoms with Gasteiger partial charge in [-0.25, -0.2) is 5.43 Å². The number of carbonyl (C=O) groups excluding carboxylic acids is 1. The highest BCUT2D eigenvalue weighted by Gasteiger charge is 2.30. The smallest absolute Gasteiger partial charge is 0.422 e. The molecule has 6 nitrogen and oxygen atoms in total. The van der Waals surface area contributed by atoms with Crippen LogP contribution in [0.1, 0.15) is 22.3 Å². The number of nitrogens with one attached hydrogen (secondary N) is 1. The van der Waals surface area contributed by atoms with Gasteiger partial charge in [-0.15, -0.1) is 0 Å². The van der Waals surface area contributed by atoms with Crippen molar-refractivity contribution in [1.29, 1.82) is 0 Å². The highest BCUT2D eigenvalue weighted by molar-refractivity contribution is 5.97. The molecule has 0 saturated carbocycles. The van der Waals surface area contributed by atoms with Crippen LogP contribution >= 0.6 is 0 Å². The van der Waals surface area contributed by atoms with Gasteiger partial charge in [-0.2, -0.15) is 31.4 Å². The number of halogens is 7. The molecule has 34 heavy (non-hydrogen) atoms. The molecule has 2 aromatic carbocycles. The number of hydrazone groups is 1. The zero-order valence-corrected chi connectivity index (χ0v) is 17.4. The molecule has 2 aromatic rings. The van der Waals surface area contributed by atoms with Crippen LogP contribution in [0.3, 0.4) is 0 Å². The summed E-state index contributed by atoms with van der Waals surface area (Å²) in [6.45, 7) is -3.70. The first kappa shape index (κ1) is 26.7. The van der Waals surface area contributed by atoms with Crippen molar-refractivity contribution in [3.05, 3.63) is 53.6 Å². The van der Waals surface area contributed by atoms with Crippen molar-refractivity contribution in [3.63, 3.8) is 0 Å². The summed E-state index contributed by atoms with van der Waals surface area (Å²) >= 11 is 0. The van der Waals surface area contributed by atoms with Gasteiger partial charge in [-0.3, -0.25) is 9.18 Å². The highest BCUT2D eigenvalue weighted by Crippen LogP contribution is 2.28. The molecule has 186 valence electrons. The fourth-order valence-corrected chi connectivity index (χ4v) is 2.35. The fourth-order valence-electron chi connectivity index (χ4n) is 2.35. The fraction of sp³-hybridized carbons (Fsp3) is 0.333. The van der Waals surface area contributed by atoms with Crippen molar-refractivity contribution in [3.8, 4) is 17.2 Å². The van der Waals surface area contributed by atoms with Gasteiger partial charge in [0.15, 0.2) is 13.2 Å². The van der Waals surface area contributed by atoms with Gasteiger partial charge >= 0.3 is 12.4 Å². The number of rotatable bonds is 11. The Morgan fingerprint density at radius 3 is 2.12 bits per heavy atom. The zero-order chi connectivity index (χ0) is 25.2. The van der Waals surface area contributed by atoms with E-state index in [1.165, 1.54) is 6.21 Å². The normalized spacial score (nSPS) is 12.0. The number of carbonyl (C=O) groups is 1. The highest BCUT2D eigenvalue weighted by atomic mass is 19.4. The van der Waals surface area contributed by atoms with Crippen LogP contribution in [-0.4, -0.2) is 51.0 Å². The van der Waals surface area contributed by atoms with Crippen LogP contribution in [0.4, 0.5) is 30.7 Å². The maximum atomic E-state index is 12.5. The van der Waals surface area contributed by atoms with Crippen molar-refractivity contribution in [2.24, 2.45) is 5.10 Å². The van der Waals surface area contributed by atoms with Gasteiger partial charge in [0, 0.05) is 6.42 Å². The summed E-state index contributed by atoms with van der Waals surface area (Å²) in [5.74, 6) is -1.50. The third-order valence-corrected chi connectivity index (χ3v) is 3.80. The number of benzene rings is 2. The molecule has 0 heterocycles. The van der Waals surface area contributed by atoms with E-state index in [0.717, 1.165) is 18.2 Å². The quantitative estimate of drug-likeness (QED) is 0.204. The molecule has 1 N–H and O–H groups in total. The summed E-state index contributed by atoms with van der Waals surface area (Å²) in [4.78, 5) is 12.4. The summed E-state index contributed by atoms with van der Waals surface area (Å²) in [7, 11) is 0. The van der Waals surface area contributed by atoms with Crippen LogP contribution in [0.2, 0.25) is 0 Å². The predicted molar refractivity (Wildman–Crippen MR) is 107 cm³/mol. The first-order chi connectivity index (χ1) is 16.0. The van der Waals surface area contributed by atoms with Gasteiger partial charge in [0.2, 0.25) is 0 Å². The maximum absolute atomic E-state index is 12.5. The molecule has 0 spiro atoms. The predicted octanol–water partition coefficient (Wildman–Crippen LogP) is 5.07. The Morgan fingerprint density at radius 1 is 0.882 bits per heavy atom. The van der Waals surface area contributed by atoms with E-state index in [1.807, 2.05) is 0 Å². The summed E-state index contributed by atoms with van der Waals surface area (Å²) in [5, 5.41) is 3.67. The number of alkyl halides is 7. The van der Waals surface area contributed by atoms with E-state index in [4.69, 9.17) is 4.74 Å². The second kappa shape index (κ2) is 12.1. The standard InChI is InChI=1S/C21H19F7N2O4/c22-8-1-9-32-15-4-2-14(3-5-15)11-29-30-19(31)17-10-16(33-12-20(23,24)25)6-7-18(17)34-13-21(26,27)28/h2-7,10-11H,1,8-9,12-13H2,(H,30,31)/b29-11-. The molecule has 0 radical (unpaired) electrons. The number of ether oxygens (including phenoxy) is 3. The van der Waals surface area contributed by atoms with Gasteiger partial charge < -0.3 is 14.2 Å². The lowest BCUT2D eigenvalue weighted by molar-refractivity contribution is -0.154. The molecule has 0 aromatic heterocycles. The summed E-state index contributed by atoms with van der Waals surface area (Å²) in [5.41, 5.74) is 2.05. The number of amides is 1. The zero-order valence-electron chi connectivity index (χ0n) is 17.4. The molecule has 0 aliphatic carbocycles. The minimum absolute atomic E-state index is 0.199. The maximum Gasteiger partial charge on any atom is 0.422 e. The summed E-state index contributed by atoms with van der Waals surface area (Å²) in [6, 6.07) is 8.93. The monoisotopic (exact) mass is 496 g/mol. The molecular formula is C21H19F7N2O4. The van der Waals surface area contributed by atoms with Crippen molar-refractivity contribution >= 4 is 12.1 Å². The lowest BCUT2D eigenvalue weighted by Gasteiger charge is -2.14. The van der Waals surface area contributed by atoms with Gasteiger partial charge in [-0.1, -0.05) is 0 Å². The van der Waals surface area contributed by atoms with Gasteiger partial charge in [0.25, 0.3) is 5.91 Å². The lowest BCUT2D eigenvalue weighted by atomic mass is 10.2. The molecule has 0 aliphatic heterocycles. The second-order valence-electron chi connectivity index (χ2n) is 6.62. The van der Waals surface area contributed by atoms with Crippen LogP contribution in [0.25, 0.3) is 0 Å². The van der Waals surface area contributed by atoms with E-state index in [1.54, 1.807) is 24.3 Å².